The summed E-state index contributed by atoms with van der Waals surface area (Å²) in [5.74, 6) is 6.28. The number of nitrogens with zero attached hydrogens (tertiary/aromatic N) is 6. The van der Waals surface area contributed by atoms with Crippen LogP contribution >= 0.6 is 11.6 Å². The molecule has 144 valence electrons. The zero-order valence-corrected chi connectivity index (χ0v) is 16.3. The second-order valence-electron chi connectivity index (χ2n) is 6.68. The van der Waals surface area contributed by atoms with E-state index in [0.717, 1.165) is 42.4 Å². The topological polar surface area (TPSA) is 106 Å². The lowest BCUT2D eigenvalue weighted by Crippen LogP contribution is -2.14. The lowest BCUT2D eigenvalue weighted by Gasteiger charge is -2.13. The Morgan fingerprint density at radius 2 is 2.18 bits per heavy atom. The van der Waals surface area contributed by atoms with Gasteiger partial charge in [0, 0.05) is 53.9 Å². The van der Waals surface area contributed by atoms with Gasteiger partial charge in [-0.05, 0) is 25.3 Å². The summed E-state index contributed by atoms with van der Waals surface area (Å²) in [4.78, 5) is 13.3. The van der Waals surface area contributed by atoms with E-state index in [2.05, 4.69) is 37.4 Å². The van der Waals surface area contributed by atoms with E-state index in [-0.39, 0.29) is 0 Å². The molecule has 0 aromatic carbocycles. The Hall–Kier alpha value is -3.00. The van der Waals surface area contributed by atoms with Gasteiger partial charge in [0.25, 0.3) is 0 Å². The molecule has 1 aliphatic carbocycles. The molecule has 0 amide bonds. The highest BCUT2D eigenvalue weighted by atomic mass is 35.5. The third kappa shape index (κ3) is 3.82. The number of hydrogen-bond donors (Lipinski definition) is 2. The summed E-state index contributed by atoms with van der Waals surface area (Å²) in [5.41, 5.74) is 2.99. The van der Waals surface area contributed by atoms with Crippen molar-refractivity contribution in [3.63, 3.8) is 0 Å². The molecular formula is C19H21ClN8. The number of nitrogens with one attached hydrogen (secondary N) is 1. The van der Waals surface area contributed by atoms with E-state index in [1.54, 1.807) is 29.5 Å². The van der Waals surface area contributed by atoms with Gasteiger partial charge >= 0.3 is 0 Å². The van der Waals surface area contributed by atoms with Crippen LogP contribution in [0.4, 0.5) is 5.69 Å². The average molecular weight is 397 g/mol. The van der Waals surface area contributed by atoms with Gasteiger partial charge in [0.05, 0.1) is 11.2 Å². The van der Waals surface area contributed by atoms with Crippen LogP contribution in [0.15, 0.2) is 40.8 Å². The molecule has 0 spiro atoms. The van der Waals surface area contributed by atoms with Crippen molar-refractivity contribution in [3.05, 3.63) is 41.3 Å². The van der Waals surface area contributed by atoms with E-state index in [0.29, 0.717) is 28.2 Å². The molecule has 0 aliphatic heterocycles. The highest BCUT2D eigenvalue weighted by molar-refractivity contribution is 6.39. The van der Waals surface area contributed by atoms with Gasteiger partial charge in [0.1, 0.15) is 5.71 Å². The van der Waals surface area contributed by atoms with E-state index in [9.17, 15) is 0 Å². The van der Waals surface area contributed by atoms with Gasteiger partial charge in [-0.2, -0.15) is 14.9 Å². The first kappa shape index (κ1) is 18.4. The second kappa shape index (κ2) is 7.93. The summed E-state index contributed by atoms with van der Waals surface area (Å²) < 4.78 is 1.69. The minimum absolute atomic E-state index is 0.451. The Bertz CT molecular complexity index is 1050. The maximum absolute atomic E-state index is 6.02. The molecule has 9 heteroatoms. The van der Waals surface area contributed by atoms with Crippen LogP contribution in [-0.2, 0) is 0 Å². The van der Waals surface area contributed by atoms with Crippen molar-refractivity contribution >= 4 is 40.2 Å². The number of anilines is 1. The van der Waals surface area contributed by atoms with Gasteiger partial charge < -0.3 is 11.2 Å². The smallest absolute Gasteiger partial charge is 0.164 e. The van der Waals surface area contributed by atoms with E-state index < -0.39 is 0 Å². The zero-order chi connectivity index (χ0) is 19.5. The number of aliphatic imine (C=N–C) groups is 1. The third-order valence-electron chi connectivity index (χ3n) is 4.40. The zero-order valence-electron chi connectivity index (χ0n) is 15.5. The Labute approximate surface area is 167 Å². The van der Waals surface area contributed by atoms with Crippen molar-refractivity contribution < 1.29 is 0 Å². The molecule has 0 bridgehead atoms. The Kier molecular flexibility index (Phi) is 5.21. The van der Waals surface area contributed by atoms with Crippen LogP contribution in [0.1, 0.15) is 31.7 Å². The molecule has 8 nitrogen and oxygen atoms in total. The summed E-state index contributed by atoms with van der Waals surface area (Å²) in [6.45, 7) is 2.80. The van der Waals surface area contributed by atoms with E-state index in [1.807, 2.05) is 12.1 Å². The van der Waals surface area contributed by atoms with Crippen molar-refractivity contribution in [2.75, 3.05) is 11.9 Å². The van der Waals surface area contributed by atoms with E-state index >= 15 is 0 Å². The molecule has 0 unspecified atom stereocenters. The summed E-state index contributed by atoms with van der Waals surface area (Å²) in [6, 6.07) is 4.22. The number of nitrogens with two attached hydrogens (primary N) is 1. The summed E-state index contributed by atoms with van der Waals surface area (Å²) >= 11 is 6.02. The summed E-state index contributed by atoms with van der Waals surface area (Å²) in [7, 11) is 0. The number of hydrogen-bond acceptors (Lipinski definition) is 7. The number of hydrazone groups is 1. The Morgan fingerprint density at radius 3 is 2.93 bits per heavy atom. The molecule has 3 aromatic heterocycles. The van der Waals surface area contributed by atoms with Crippen molar-refractivity contribution in [1.29, 1.82) is 0 Å². The fourth-order valence-electron chi connectivity index (χ4n) is 2.85. The van der Waals surface area contributed by atoms with Crippen molar-refractivity contribution in [1.82, 2.24) is 19.7 Å². The highest BCUT2D eigenvalue weighted by Gasteiger charge is 2.23. The van der Waals surface area contributed by atoms with Crippen LogP contribution in [0, 0.1) is 0 Å². The van der Waals surface area contributed by atoms with Gasteiger partial charge in [-0.15, -0.1) is 0 Å². The molecule has 0 atom stereocenters. The quantitative estimate of drug-likeness (QED) is 0.362. The summed E-state index contributed by atoms with van der Waals surface area (Å²) in [5, 5.41) is 13.3. The normalized spacial score (nSPS) is 14.9. The van der Waals surface area contributed by atoms with Crippen LogP contribution in [0.5, 0.6) is 0 Å². The molecule has 1 fully saturated rings. The standard InChI is InChI=1S/C19H21ClN8/c1-2-5-22-11-17(27-21)15-10-23-18(7-16(15)26-14-3-4-14)28-19-12(8-25-28)6-13(20)9-24-19/h6-11,14H,2-5,21H2,1H3,(H,23,26). The van der Waals surface area contributed by atoms with Gasteiger partial charge in [-0.25, -0.2) is 9.97 Å². The molecule has 4 rings (SSSR count). The monoisotopic (exact) mass is 396 g/mol. The fraction of sp³-hybridized carbons (Fsp3) is 0.316. The van der Waals surface area contributed by atoms with Crippen LogP contribution in [0.2, 0.25) is 5.02 Å². The number of rotatable bonds is 7. The molecule has 28 heavy (non-hydrogen) atoms. The number of fused-ring (bicyclic) bond motifs is 1. The van der Waals surface area contributed by atoms with Gasteiger partial charge in [0.2, 0.25) is 0 Å². The molecule has 3 aromatic rings. The van der Waals surface area contributed by atoms with Gasteiger partial charge in [0.15, 0.2) is 11.5 Å². The van der Waals surface area contributed by atoms with Gasteiger partial charge in [-0.3, -0.25) is 4.99 Å². The first-order valence-corrected chi connectivity index (χ1v) is 9.61. The maximum atomic E-state index is 6.02. The van der Waals surface area contributed by atoms with E-state index in [1.165, 1.54) is 0 Å². The van der Waals surface area contributed by atoms with Crippen LogP contribution in [0.25, 0.3) is 16.9 Å². The maximum Gasteiger partial charge on any atom is 0.164 e. The highest BCUT2D eigenvalue weighted by Crippen LogP contribution is 2.28. The number of halogens is 1. The average Bonchev–Trinajstić information content (AvgIpc) is 3.42. The minimum atomic E-state index is 0.451. The largest absolute Gasteiger partial charge is 0.382 e. The number of aromatic nitrogens is 4. The lowest BCUT2D eigenvalue weighted by atomic mass is 10.1. The molecule has 0 saturated heterocycles. The summed E-state index contributed by atoms with van der Waals surface area (Å²) in [6.07, 6.45) is 10.0. The first-order valence-electron chi connectivity index (χ1n) is 9.24. The Morgan fingerprint density at radius 1 is 1.32 bits per heavy atom. The first-order chi connectivity index (χ1) is 13.7. The molecule has 1 saturated carbocycles. The number of pyridine rings is 2. The molecular weight excluding hydrogens is 376 g/mol. The molecule has 3 heterocycles. The Balaban J connectivity index is 1.75. The predicted molar refractivity (Wildman–Crippen MR) is 113 cm³/mol. The fourth-order valence-corrected chi connectivity index (χ4v) is 3.01. The van der Waals surface area contributed by atoms with Crippen molar-refractivity contribution in [2.45, 2.75) is 32.2 Å². The van der Waals surface area contributed by atoms with Crippen LogP contribution in [-0.4, -0.2) is 44.3 Å². The molecule has 0 radical (unpaired) electrons. The predicted octanol–water partition coefficient (Wildman–Crippen LogP) is 3.19. The minimum Gasteiger partial charge on any atom is -0.382 e. The van der Waals surface area contributed by atoms with Crippen molar-refractivity contribution in [3.8, 4) is 5.82 Å². The van der Waals surface area contributed by atoms with Crippen molar-refractivity contribution in [2.24, 2.45) is 15.9 Å². The van der Waals surface area contributed by atoms with E-state index in [4.69, 9.17) is 17.4 Å². The third-order valence-corrected chi connectivity index (χ3v) is 4.61. The lowest BCUT2D eigenvalue weighted by molar-refractivity contribution is 0.862. The second-order valence-corrected chi connectivity index (χ2v) is 7.12. The molecule has 3 N–H and O–H groups in total. The van der Waals surface area contributed by atoms with Crippen LogP contribution < -0.4 is 11.2 Å². The van der Waals surface area contributed by atoms with Crippen LogP contribution in [0.3, 0.4) is 0 Å². The van der Waals surface area contributed by atoms with Gasteiger partial charge in [-0.1, -0.05) is 18.5 Å². The SMILES string of the molecule is CCCN=CC(=NN)c1cnc(-n2ncc3cc(Cl)cnc32)cc1NC1CC1. The molecule has 1 aliphatic rings.